The molecule has 0 radical (unpaired) electrons. The Kier molecular flexibility index (Phi) is 3.04. The molecule has 17 heavy (non-hydrogen) atoms. The summed E-state index contributed by atoms with van der Waals surface area (Å²) in [7, 11) is 0. The van der Waals surface area contributed by atoms with Crippen LogP contribution in [0.15, 0.2) is 29.1 Å². The maximum Gasteiger partial charge on any atom is 0.276 e. The van der Waals surface area contributed by atoms with Gasteiger partial charge in [-0.2, -0.15) is 0 Å². The van der Waals surface area contributed by atoms with E-state index in [2.05, 4.69) is 6.92 Å². The number of nitrogens with zero attached hydrogens (tertiary/aromatic N) is 1. The Hall–Kier alpha value is -1.97. The molecule has 0 aliphatic rings. The summed E-state index contributed by atoms with van der Waals surface area (Å²) in [6.07, 6.45) is 1.98. The molecule has 2 aromatic rings. The molecule has 0 spiro atoms. The van der Waals surface area contributed by atoms with Crippen LogP contribution in [0.4, 0.5) is 11.4 Å². The molecular formula is C13H17N3O. The number of hydrogen-bond donors (Lipinski definition) is 2. The Balaban J connectivity index is 2.76. The van der Waals surface area contributed by atoms with Crippen molar-refractivity contribution in [3.8, 4) is 0 Å². The fraction of sp³-hybridized carbons (Fsp3) is 0.308. The van der Waals surface area contributed by atoms with E-state index in [9.17, 15) is 4.79 Å². The summed E-state index contributed by atoms with van der Waals surface area (Å²) in [5.41, 5.74) is 12.9. The third-order valence-electron chi connectivity index (χ3n) is 2.99. The number of benzene rings is 1. The number of aryl methyl sites for hydroxylation is 1. The molecule has 1 aromatic heterocycles. The Morgan fingerprint density at radius 3 is 2.59 bits per heavy atom. The second-order valence-corrected chi connectivity index (χ2v) is 4.15. The van der Waals surface area contributed by atoms with Crippen molar-refractivity contribution in [1.29, 1.82) is 0 Å². The van der Waals surface area contributed by atoms with Gasteiger partial charge in [-0.1, -0.05) is 31.5 Å². The van der Waals surface area contributed by atoms with E-state index in [1.165, 1.54) is 0 Å². The van der Waals surface area contributed by atoms with E-state index in [1.54, 1.807) is 4.57 Å². The summed E-state index contributed by atoms with van der Waals surface area (Å²) in [4.78, 5) is 12.1. The van der Waals surface area contributed by atoms with Crippen LogP contribution in [-0.4, -0.2) is 4.57 Å². The average Bonchev–Trinajstić information content (AvgIpc) is 2.36. The van der Waals surface area contributed by atoms with E-state index < -0.39 is 0 Å². The van der Waals surface area contributed by atoms with Crippen molar-refractivity contribution in [3.05, 3.63) is 34.6 Å². The van der Waals surface area contributed by atoms with E-state index in [-0.39, 0.29) is 11.2 Å². The molecule has 90 valence electrons. The molecule has 2 rings (SSSR count). The second kappa shape index (κ2) is 4.49. The van der Waals surface area contributed by atoms with Gasteiger partial charge in [0, 0.05) is 11.9 Å². The first-order valence-electron chi connectivity index (χ1n) is 5.83. The number of hydrogen-bond acceptors (Lipinski definition) is 3. The van der Waals surface area contributed by atoms with Gasteiger partial charge >= 0.3 is 0 Å². The molecule has 4 nitrogen and oxygen atoms in total. The summed E-state index contributed by atoms with van der Waals surface area (Å²) in [6, 6.07) is 7.59. The van der Waals surface area contributed by atoms with E-state index >= 15 is 0 Å². The van der Waals surface area contributed by atoms with E-state index in [1.807, 2.05) is 24.3 Å². The van der Waals surface area contributed by atoms with Crippen molar-refractivity contribution in [2.24, 2.45) is 0 Å². The van der Waals surface area contributed by atoms with Crippen LogP contribution in [0, 0.1) is 0 Å². The quantitative estimate of drug-likeness (QED) is 0.848. The van der Waals surface area contributed by atoms with Gasteiger partial charge in [0.2, 0.25) is 0 Å². The van der Waals surface area contributed by atoms with Crippen LogP contribution in [-0.2, 0) is 6.54 Å². The first kappa shape index (κ1) is 11.5. The van der Waals surface area contributed by atoms with Crippen molar-refractivity contribution in [3.63, 3.8) is 0 Å². The third kappa shape index (κ3) is 1.86. The number of nitrogens with two attached hydrogens (primary N) is 2. The molecule has 0 atom stereocenters. The Morgan fingerprint density at radius 2 is 1.88 bits per heavy atom. The molecule has 0 saturated heterocycles. The number of rotatable bonds is 3. The molecule has 1 aromatic carbocycles. The maximum atomic E-state index is 12.1. The Morgan fingerprint density at radius 1 is 1.18 bits per heavy atom. The van der Waals surface area contributed by atoms with Gasteiger partial charge in [-0.15, -0.1) is 0 Å². The van der Waals surface area contributed by atoms with Gasteiger partial charge in [0.15, 0.2) is 0 Å². The minimum absolute atomic E-state index is 0.153. The van der Waals surface area contributed by atoms with Crippen molar-refractivity contribution in [1.82, 2.24) is 4.57 Å². The first-order valence-corrected chi connectivity index (χ1v) is 5.83. The lowest BCUT2D eigenvalue weighted by Gasteiger charge is -2.13. The lowest BCUT2D eigenvalue weighted by molar-refractivity contribution is 0.633. The molecule has 0 saturated carbocycles. The van der Waals surface area contributed by atoms with Gasteiger partial charge in [0.25, 0.3) is 5.56 Å². The predicted molar refractivity (Wildman–Crippen MR) is 71.9 cm³/mol. The van der Waals surface area contributed by atoms with E-state index in [0.29, 0.717) is 12.2 Å². The van der Waals surface area contributed by atoms with Gasteiger partial charge in [-0.25, -0.2) is 0 Å². The van der Waals surface area contributed by atoms with Crippen molar-refractivity contribution in [2.45, 2.75) is 26.3 Å². The standard InChI is InChI=1S/C13H17N3O/c1-2-3-8-16-10-7-5-4-6-9(10)11(14)12(15)13(16)17/h4-7H,2-3,8,14-15H2,1H3. The number of anilines is 2. The lowest BCUT2D eigenvalue weighted by Crippen LogP contribution is -2.25. The largest absolute Gasteiger partial charge is 0.396 e. The summed E-state index contributed by atoms with van der Waals surface area (Å²) in [5, 5.41) is 0.848. The number of aromatic nitrogens is 1. The Bertz CT molecular complexity index is 601. The number of nitrogen functional groups attached to an aromatic ring is 2. The second-order valence-electron chi connectivity index (χ2n) is 4.15. The molecule has 1 heterocycles. The van der Waals surface area contributed by atoms with E-state index in [0.717, 1.165) is 23.7 Å². The monoisotopic (exact) mass is 231 g/mol. The van der Waals surface area contributed by atoms with Crippen molar-refractivity contribution < 1.29 is 0 Å². The molecule has 0 bridgehead atoms. The summed E-state index contributed by atoms with van der Waals surface area (Å²) >= 11 is 0. The van der Waals surface area contributed by atoms with Gasteiger partial charge in [0.05, 0.1) is 11.2 Å². The molecule has 0 unspecified atom stereocenters. The van der Waals surface area contributed by atoms with Crippen molar-refractivity contribution in [2.75, 3.05) is 11.5 Å². The number of para-hydroxylation sites is 1. The fourth-order valence-electron chi connectivity index (χ4n) is 1.99. The highest BCUT2D eigenvalue weighted by Crippen LogP contribution is 2.23. The highest BCUT2D eigenvalue weighted by atomic mass is 16.1. The van der Waals surface area contributed by atoms with Crippen LogP contribution in [0.1, 0.15) is 19.8 Å². The molecule has 0 fully saturated rings. The topological polar surface area (TPSA) is 74.0 Å². The average molecular weight is 231 g/mol. The zero-order chi connectivity index (χ0) is 12.4. The van der Waals surface area contributed by atoms with Crippen LogP contribution >= 0.6 is 0 Å². The summed E-state index contributed by atoms with van der Waals surface area (Å²) in [5.74, 6) is 0. The zero-order valence-corrected chi connectivity index (χ0v) is 9.94. The van der Waals surface area contributed by atoms with Crippen LogP contribution in [0.5, 0.6) is 0 Å². The van der Waals surface area contributed by atoms with Crippen LogP contribution in [0.25, 0.3) is 10.9 Å². The molecule has 4 N–H and O–H groups in total. The highest BCUT2D eigenvalue weighted by Gasteiger charge is 2.11. The number of unbranched alkanes of at least 4 members (excludes halogenated alkanes) is 1. The normalized spacial score (nSPS) is 10.9. The summed E-state index contributed by atoms with van der Waals surface area (Å²) in [6.45, 7) is 2.77. The molecule has 0 amide bonds. The van der Waals surface area contributed by atoms with Crippen molar-refractivity contribution >= 4 is 22.3 Å². The van der Waals surface area contributed by atoms with Gasteiger partial charge in [-0.05, 0) is 12.5 Å². The SMILES string of the molecule is CCCCn1c(=O)c(N)c(N)c2ccccc21. The number of fused-ring (bicyclic) bond motifs is 1. The Labute approximate surface area is 99.8 Å². The van der Waals surface area contributed by atoms with Crippen LogP contribution < -0.4 is 17.0 Å². The maximum absolute atomic E-state index is 12.1. The van der Waals surface area contributed by atoms with E-state index in [4.69, 9.17) is 11.5 Å². The smallest absolute Gasteiger partial charge is 0.276 e. The fourth-order valence-corrected chi connectivity index (χ4v) is 1.99. The van der Waals surface area contributed by atoms with Gasteiger partial charge < -0.3 is 16.0 Å². The van der Waals surface area contributed by atoms with Gasteiger partial charge in [-0.3, -0.25) is 4.79 Å². The third-order valence-corrected chi connectivity index (χ3v) is 2.99. The zero-order valence-electron chi connectivity index (χ0n) is 9.94. The summed E-state index contributed by atoms with van der Waals surface area (Å²) < 4.78 is 1.71. The molecule has 0 aliphatic heterocycles. The van der Waals surface area contributed by atoms with Crippen LogP contribution in [0.2, 0.25) is 0 Å². The molecular weight excluding hydrogens is 214 g/mol. The number of pyridine rings is 1. The minimum Gasteiger partial charge on any atom is -0.396 e. The van der Waals surface area contributed by atoms with Crippen LogP contribution in [0.3, 0.4) is 0 Å². The predicted octanol–water partition coefficient (Wildman–Crippen LogP) is 1.97. The lowest BCUT2D eigenvalue weighted by atomic mass is 10.1. The minimum atomic E-state index is -0.186. The molecule has 0 aliphatic carbocycles. The molecule has 4 heteroatoms. The first-order chi connectivity index (χ1) is 8.16. The highest BCUT2D eigenvalue weighted by molar-refractivity contribution is 5.95. The van der Waals surface area contributed by atoms with Gasteiger partial charge in [0.1, 0.15) is 5.69 Å².